The molecule has 0 bridgehead atoms. The summed E-state index contributed by atoms with van der Waals surface area (Å²) >= 11 is 0. The summed E-state index contributed by atoms with van der Waals surface area (Å²) in [4.78, 5) is 24.8. The van der Waals surface area contributed by atoms with Crippen LogP contribution in [-0.4, -0.2) is 38.1 Å². The fourth-order valence-corrected chi connectivity index (χ4v) is 3.76. The Morgan fingerprint density at radius 1 is 1.19 bits per heavy atom. The summed E-state index contributed by atoms with van der Waals surface area (Å²) < 4.78 is 33.7. The standard InChI is InChI=1S/C16H17F2N3O2.C8H10O/c1-2-19-9-7-21(8-9)10-5-12(17)15(13(18)6-10)11-3-4-14(22)20-16(11)23;1-9-7-8-5-3-2-4-6-8/h2,5-6,9,11,19H,1,3-4,7-8H2,(H,20,22,23);2-6H,7H2,1H3. The molecule has 2 fully saturated rings. The van der Waals surface area contributed by atoms with Crippen LogP contribution in [0.25, 0.3) is 0 Å². The third kappa shape index (κ3) is 5.70. The number of piperidine rings is 1. The highest BCUT2D eigenvalue weighted by molar-refractivity contribution is 6.01. The molecule has 1 atom stereocenters. The van der Waals surface area contributed by atoms with Gasteiger partial charge in [0.25, 0.3) is 0 Å². The van der Waals surface area contributed by atoms with Crippen molar-refractivity contribution < 1.29 is 23.1 Å². The lowest BCUT2D eigenvalue weighted by Crippen LogP contribution is -2.56. The topological polar surface area (TPSA) is 70.7 Å². The quantitative estimate of drug-likeness (QED) is 0.671. The van der Waals surface area contributed by atoms with Crippen LogP contribution in [0.3, 0.4) is 0 Å². The van der Waals surface area contributed by atoms with Gasteiger partial charge in [0.2, 0.25) is 11.8 Å². The van der Waals surface area contributed by atoms with Gasteiger partial charge in [-0.1, -0.05) is 36.9 Å². The summed E-state index contributed by atoms with van der Waals surface area (Å²) in [7, 11) is 1.70. The lowest BCUT2D eigenvalue weighted by Gasteiger charge is -2.41. The first kappa shape index (κ1) is 23.4. The highest BCUT2D eigenvalue weighted by Gasteiger charge is 2.34. The minimum Gasteiger partial charge on any atom is -0.385 e. The van der Waals surface area contributed by atoms with E-state index in [1.807, 2.05) is 35.2 Å². The Morgan fingerprint density at radius 2 is 1.84 bits per heavy atom. The Bertz CT molecular complexity index is 939. The number of carbonyl (C=O) groups is 2. The predicted molar refractivity (Wildman–Crippen MR) is 118 cm³/mol. The second-order valence-corrected chi connectivity index (χ2v) is 7.72. The minimum absolute atomic E-state index is 0.0814. The van der Waals surface area contributed by atoms with Crippen molar-refractivity contribution in [3.05, 3.63) is 78.0 Å². The maximum Gasteiger partial charge on any atom is 0.234 e. The van der Waals surface area contributed by atoms with Crippen molar-refractivity contribution >= 4 is 17.5 Å². The molecule has 6 nitrogen and oxygen atoms in total. The van der Waals surface area contributed by atoms with Gasteiger partial charge in [-0.2, -0.15) is 0 Å². The van der Waals surface area contributed by atoms with Gasteiger partial charge in [0, 0.05) is 37.9 Å². The molecule has 2 aliphatic rings. The zero-order valence-electron chi connectivity index (χ0n) is 17.9. The van der Waals surface area contributed by atoms with Gasteiger partial charge in [-0.3, -0.25) is 14.9 Å². The van der Waals surface area contributed by atoms with Crippen LogP contribution in [0, 0.1) is 11.6 Å². The van der Waals surface area contributed by atoms with Gasteiger partial charge < -0.3 is 15.0 Å². The number of halogens is 2. The van der Waals surface area contributed by atoms with Crippen LogP contribution in [0.15, 0.2) is 55.2 Å². The van der Waals surface area contributed by atoms with Gasteiger partial charge in [0.15, 0.2) is 0 Å². The van der Waals surface area contributed by atoms with Crippen molar-refractivity contribution in [1.29, 1.82) is 0 Å². The van der Waals surface area contributed by atoms with Gasteiger partial charge in [0.1, 0.15) is 11.6 Å². The Morgan fingerprint density at radius 3 is 2.41 bits per heavy atom. The predicted octanol–water partition coefficient (Wildman–Crippen LogP) is 3.24. The first-order chi connectivity index (χ1) is 15.4. The molecule has 2 saturated heterocycles. The van der Waals surface area contributed by atoms with Crippen molar-refractivity contribution in [1.82, 2.24) is 10.6 Å². The third-order valence-electron chi connectivity index (χ3n) is 5.41. The number of nitrogens with one attached hydrogen (secondary N) is 2. The van der Waals surface area contributed by atoms with Gasteiger partial charge in [-0.25, -0.2) is 8.78 Å². The molecule has 2 aliphatic heterocycles. The third-order valence-corrected chi connectivity index (χ3v) is 5.41. The van der Waals surface area contributed by atoms with E-state index in [4.69, 9.17) is 4.74 Å². The summed E-state index contributed by atoms with van der Waals surface area (Å²) in [6.07, 6.45) is 1.79. The van der Waals surface area contributed by atoms with E-state index in [1.54, 1.807) is 13.3 Å². The zero-order valence-corrected chi connectivity index (χ0v) is 17.9. The van der Waals surface area contributed by atoms with E-state index >= 15 is 0 Å². The number of hydrogen-bond acceptors (Lipinski definition) is 5. The molecule has 0 radical (unpaired) electrons. The average Bonchev–Trinajstić information content (AvgIpc) is 2.73. The maximum absolute atomic E-state index is 14.4. The van der Waals surface area contributed by atoms with Gasteiger partial charge >= 0.3 is 0 Å². The van der Waals surface area contributed by atoms with E-state index < -0.39 is 29.4 Å². The molecular weight excluding hydrogens is 416 g/mol. The molecule has 4 rings (SSSR count). The Balaban J connectivity index is 0.000000269. The van der Waals surface area contributed by atoms with Crippen LogP contribution in [0.4, 0.5) is 14.5 Å². The molecule has 2 aromatic rings. The smallest absolute Gasteiger partial charge is 0.234 e. The van der Waals surface area contributed by atoms with Crippen LogP contribution >= 0.6 is 0 Å². The van der Waals surface area contributed by atoms with Crippen LogP contribution < -0.4 is 15.5 Å². The summed E-state index contributed by atoms with van der Waals surface area (Å²) in [5.74, 6) is -3.53. The molecule has 32 heavy (non-hydrogen) atoms. The Hall–Kier alpha value is -3.26. The summed E-state index contributed by atoms with van der Waals surface area (Å²) in [6, 6.07) is 12.8. The first-order valence-corrected chi connectivity index (χ1v) is 10.4. The largest absolute Gasteiger partial charge is 0.385 e. The van der Waals surface area contributed by atoms with E-state index in [2.05, 4.69) is 17.2 Å². The van der Waals surface area contributed by atoms with Gasteiger partial charge in [-0.05, 0) is 30.3 Å². The van der Waals surface area contributed by atoms with Crippen LogP contribution in [0.1, 0.15) is 29.9 Å². The number of ether oxygens (including phenoxy) is 1. The molecule has 0 saturated carbocycles. The molecule has 1 unspecified atom stereocenters. The van der Waals surface area contributed by atoms with E-state index in [9.17, 15) is 18.4 Å². The van der Waals surface area contributed by atoms with E-state index in [-0.39, 0.29) is 24.4 Å². The van der Waals surface area contributed by atoms with Crippen LogP contribution in [0.2, 0.25) is 0 Å². The average molecular weight is 443 g/mol. The molecule has 8 heteroatoms. The molecule has 170 valence electrons. The lowest BCUT2D eigenvalue weighted by atomic mass is 9.89. The van der Waals surface area contributed by atoms with Crippen molar-refractivity contribution in [3.63, 3.8) is 0 Å². The van der Waals surface area contributed by atoms with Crippen LogP contribution in [-0.2, 0) is 20.9 Å². The normalized spacial score (nSPS) is 18.2. The number of carbonyl (C=O) groups excluding carboxylic acids is 2. The van der Waals surface area contributed by atoms with Gasteiger partial charge in [-0.15, -0.1) is 0 Å². The highest BCUT2D eigenvalue weighted by Crippen LogP contribution is 2.33. The molecule has 0 aromatic heterocycles. The zero-order chi connectivity index (χ0) is 23.1. The number of benzene rings is 2. The fraction of sp³-hybridized carbons (Fsp3) is 0.333. The first-order valence-electron chi connectivity index (χ1n) is 10.4. The Kier molecular flexibility index (Phi) is 7.94. The van der Waals surface area contributed by atoms with E-state index in [0.29, 0.717) is 25.4 Å². The molecule has 2 aromatic carbocycles. The summed E-state index contributed by atoms with van der Waals surface area (Å²) in [5.41, 5.74) is 1.40. The molecule has 2 heterocycles. The number of rotatable bonds is 6. The number of amides is 2. The Labute approximate surface area is 186 Å². The molecular formula is C24H27F2N3O3. The minimum atomic E-state index is -0.965. The maximum atomic E-state index is 14.4. The van der Waals surface area contributed by atoms with Gasteiger partial charge in [0.05, 0.1) is 18.6 Å². The highest BCUT2D eigenvalue weighted by atomic mass is 19.1. The SMILES string of the molecule is C=CNC1CN(c2cc(F)c(C3CCC(=O)NC3=O)c(F)c2)C1.COCc1ccccc1. The molecule has 0 aliphatic carbocycles. The van der Waals surface area contributed by atoms with E-state index in [0.717, 1.165) is 0 Å². The number of anilines is 1. The number of methoxy groups -OCH3 is 1. The second-order valence-electron chi connectivity index (χ2n) is 7.72. The van der Waals surface area contributed by atoms with Crippen molar-refractivity contribution in [3.8, 4) is 0 Å². The lowest BCUT2D eigenvalue weighted by molar-refractivity contribution is -0.134. The number of nitrogens with zero attached hydrogens (tertiary/aromatic N) is 1. The van der Waals surface area contributed by atoms with Crippen molar-refractivity contribution in [2.75, 3.05) is 25.1 Å². The fourth-order valence-electron chi connectivity index (χ4n) is 3.76. The van der Waals surface area contributed by atoms with E-state index in [1.165, 1.54) is 17.7 Å². The van der Waals surface area contributed by atoms with Crippen molar-refractivity contribution in [2.24, 2.45) is 0 Å². The van der Waals surface area contributed by atoms with Crippen molar-refractivity contribution in [2.45, 2.75) is 31.4 Å². The number of hydrogen-bond donors (Lipinski definition) is 2. The molecule has 2 N–H and O–H groups in total. The molecule has 0 spiro atoms. The molecule has 2 amide bonds. The monoisotopic (exact) mass is 443 g/mol. The second kappa shape index (κ2) is 10.9. The van der Waals surface area contributed by atoms with Crippen LogP contribution in [0.5, 0.6) is 0 Å². The summed E-state index contributed by atoms with van der Waals surface area (Å²) in [6.45, 7) is 5.54. The number of imide groups is 1. The summed E-state index contributed by atoms with van der Waals surface area (Å²) in [5, 5.41) is 5.16.